The smallest absolute Gasteiger partial charge is 0.138 e. The third kappa shape index (κ3) is 5.20. The summed E-state index contributed by atoms with van der Waals surface area (Å²) >= 11 is 0. The van der Waals surface area contributed by atoms with E-state index in [-0.39, 0.29) is 0 Å². The predicted molar refractivity (Wildman–Crippen MR) is 73.1 cm³/mol. The molecule has 0 aliphatic carbocycles. The fourth-order valence-electron chi connectivity index (χ4n) is 2.37. The minimum Gasteiger partial charge on any atom is -0.299 e. The molecule has 0 spiro atoms. The Morgan fingerprint density at radius 2 is 1.76 bits per heavy atom. The highest BCUT2D eigenvalue weighted by atomic mass is 16.1. The van der Waals surface area contributed by atoms with Crippen LogP contribution in [0.15, 0.2) is 0 Å². The van der Waals surface area contributed by atoms with Crippen molar-refractivity contribution in [2.45, 2.75) is 65.8 Å². The summed E-state index contributed by atoms with van der Waals surface area (Å²) in [5, 5.41) is 0. The standard InChI is InChI=1S/C15H29NO/c1-12(2)8-6-5-7-9-15(17)14-10-16(11-14)13(3)4/h12-14H,5-11H2,1-4H3. The summed E-state index contributed by atoms with van der Waals surface area (Å²) in [6.07, 6.45) is 5.73. The predicted octanol–water partition coefficient (Wildman–Crippen LogP) is 3.50. The lowest BCUT2D eigenvalue weighted by atomic mass is 9.90. The second kappa shape index (κ2) is 7.15. The van der Waals surface area contributed by atoms with Crippen molar-refractivity contribution in [1.82, 2.24) is 4.90 Å². The third-order valence-electron chi connectivity index (χ3n) is 3.80. The Morgan fingerprint density at radius 1 is 1.12 bits per heavy atom. The van der Waals surface area contributed by atoms with E-state index in [0.717, 1.165) is 31.8 Å². The largest absolute Gasteiger partial charge is 0.299 e. The highest BCUT2D eigenvalue weighted by Gasteiger charge is 2.32. The van der Waals surface area contributed by atoms with Gasteiger partial charge in [-0.2, -0.15) is 0 Å². The molecule has 0 aromatic carbocycles. The van der Waals surface area contributed by atoms with Crippen molar-refractivity contribution in [2.75, 3.05) is 13.1 Å². The van der Waals surface area contributed by atoms with E-state index in [0.29, 0.717) is 17.7 Å². The number of hydrogen-bond donors (Lipinski definition) is 0. The first kappa shape index (κ1) is 14.7. The number of Topliss-reactive ketones (excluding diaryl/α,β-unsaturated/α-hetero) is 1. The van der Waals surface area contributed by atoms with Crippen LogP contribution in [0.25, 0.3) is 0 Å². The molecule has 1 fully saturated rings. The maximum Gasteiger partial charge on any atom is 0.138 e. The lowest BCUT2D eigenvalue weighted by Gasteiger charge is -2.41. The van der Waals surface area contributed by atoms with Crippen molar-refractivity contribution in [2.24, 2.45) is 11.8 Å². The molecule has 0 bridgehead atoms. The molecule has 2 heteroatoms. The van der Waals surface area contributed by atoms with Crippen LogP contribution >= 0.6 is 0 Å². The van der Waals surface area contributed by atoms with Gasteiger partial charge in [-0.25, -0.2) is 0 Å². The normalized spacial score (nSPS) is 17.8. The van der Waals surface area contributed by atoms with E-state index in [9.17, 15) is 4.79 Å². The molecular weight excluding hydrogens is 210 g/mol. The molecule has 0 unspecified atom stereocenters. The van der Waals surface area contributed by atoms with Crippen molar-refractivity contribution in [3.63, 3.8) is 0 Å². The minimum absolute atomic E-state index is 0.350. The number of hydrogen-bond acceptors (Lipinski definition) is 2. The Labute approximate surface area is 107 Å². The zero-order chi connectivity index (χ0) is 12.8. The number of likely N-dealkylation sites (tertiary alicyclic amines) is 1. The van der Waals surface area contributed by atoms with Crippen LogP contribution in [0.2, 0.25) is 0 Å². The fraction of sp³-hybridized carbons (Fsp3) is 0.933. The molecule has 1 saturated heterocycles. The maximum atomic E-state index is 11.9. The van der Waals surface area contributed by atoms with Gasteiger partial charge in [0.05, 0.1) is 0 Å². The van der Waals surface area contributed by atoms with Gasteiger partial charge in [0.15, 0.2) is 0 Å². The van der Waals surface area contributed by atoms with E-state index in [1.54, 1.807) is 0 Å². The topological polar surface area (TPSA) is 20.3 Å². The summed E-state index contributed by atoms with van der Waals surface area (Å²) in [5.41, 5.74) is 0. The van der Waals surface area contributed by atoms with E-state index >= 15 is 0 Å². The van der Waals surface area contributed by atoms with Crippen molar-refractivity contribution < 1.29 is 4.79 Å². The Kier molecular flexibility index (Phi) is 6.18. The highest BCUT2D eigenvalue weighted by molar-refractivity contribution is 5.82. The lowest BCUT2D eigenvalue weighted by Crippen LogP contribution is -2.53. The first-order valence-corrected chi connectivity index (χ1v) is 7.27. The molecule has 2 nitrogen and oxygen atoms in total. The van der Waals surface area contributed by atoms with E-state index in [2.05, 4.69) is 32.6 Å². The second-order valence-electron chi connectivity index (χ2n) is 6.20. The summed E-state index contributed by atoms with van der Waals surface area (Å²) in [7, 11) is 0. The van der Waals surface area contributed by atoms with E-state index in [1.165, 1.54) is 19.3 Å². The first-order chi connectivity index (χ1) is 8.00. The Hall–Kier alpha value is -0.370. The summed E-state index contributed by atoms with van der Waals surface area (Å²) in [5.74, 6) is 1.66. The number of ketones is 1. The fourth-order valence-corrected chi connectivity index (χ4v) is 2.37. The van der Waals surface area contributed by atoms with Crippen LogP contribution in [-0.2, 0) is 4.79 Å². The van der Waals surface area contributed by atoms with Crippen LogP contribution in [0.3, 0.4) is 0 Å². The van der Waals surface area contributed by atoms with Crippen LogP contribution in [-0.4, -0.2) is 29.8 Å². The van der Waals surface area contributed by atoms with Crippen molar-refractivity contribution in [1.29, 1.82) is 0 Å². The molecule has 0 aromatic heterocycles. The average molecular weight is 239 g/mol. The van der Waals surface area contributed by atoms with E-state index in [4.69, 9.17) is 0 Å². The third-order valence-corrected chi connectivity index (χ3v) is 3.80. The average Bonchev–Trinajstić information content (AvgIpc) is 2.13. The Balaban J connectivity index is 2.00. The molecule has 1 aliphatic heterocycles. The van der Waals surface area contributed by atoms with E-state index in [1.807, 2.05) is 0 Å². The quantitative estimate of drug-likeness (QED) is 0.604. The number of unbranched alkanes of at least 4 members (excludes halogenated alkanes) is 2. The van der Waals surface area contributed by atoms with Gasteiger partial charge in [0.2, 0.25) is 0 Å². The van der Waals surface area contributed by atoms with Crippen LogP contribution < -0.4 is 0 Å². The Bertz CT molecular complexity index is 229. The molecule has 0 aromatic rings. The number of nitrogens with zero attached hydrogens (tertiary/aromatic N) is 1. The molecule has 0 amide bonds. The van der Waals surface area contributed by atoms with Gasteiger partial charge in [0, 0.05) is 31.5 Å². The van der Waals surface area contributed by atoms with Gasteiger partial charge in [-0.05, 0) is 26.2 Å². The SMILES string of the molecule is CC(C)CCCCCC(=O)C1CN(C(C)C)C1. The summed E-state index contributed by atoms with van der Waals surface area (Å²) in [4.78, 5) is 14.2. The van der Waals surface area contributed by atoms with Crippen molar-refractivity contribution in [3.05, 3.63) is 0 Å². The van der Waals surface area contributed by atoms with Gasteiger partial charge in [0.1, 0.15) is 5.78 Å². The van der Waals surface area contributed by atoms with Gasteiger partial charge in [0.25, 0.3) is 0 Å². The molecule has 17 heavy (non-hydrogen) atoms. The monoisotopic (exact) mass is 239 g/mol. The van der Waals surface area contributed by atoms with Crippen molar-refractivity contribution >= 4 is 5.78 Å². The van der Waals surface area contributed by atoms with Crippen LogP contribution in [0, 0.1) is 11.8 Å². The molecule has 0 radical (unpaired) electrons. The zero-order valence-corrected chi connectivity index (χ0v) is 12.0. The number of rotatable bonds is 8. The van der Waals surface area contributed by atoms with Gasteiger partial charge in [-0.15, -0.1) is 0 Å². The molecule has 1 heterocycles. The molecule has 0 N–H and O–H groups in total. The molecule has 100 valence electrons. The Morgan fingerprint density at radius 3 is 2.29 bits per heavy atom. The molecule has 0 saturated carbocycles. The van der Waals surface area contributed by atoms with Crippen LogP contribution in [0.5, 0.6) is 0 Å². The van der Waals surface area contributed by atoms with Crippen LogP contribution in [0.4, 0.5) is 0 Å². The summed E-state index contributed by atoms with van der Waals surface area (Å²) in [6, 6.07) is 0.602. The van der Waals surface area contributed by atoms with E-state index < -0.39 is 0 Å². The summed E-state index contributed by atoms with van der Waals surface area (Å²) < 4.78 is 0. The van der Waals surface area contributed by atoms with Gasteiger partial charge < -0.3 is 0 Å². The summed E-state index contributed by atoms with van der Waals surface area (Å²) in [6.45, 7) is 10.9. The molecule has 1 aliphatic rings. The molecule has 0 atom stereocenters. The minimum atomic E-state index is 0.350. The molecular formula is C15H29NO. The van der Waals surface area contributed by atoms with Crippen molar-refractivity contribution in [3.8, 4) is 0 Å². The van der Waals surface area contributed by atoms with Gasteiger partial charge in [-0.1, -0.05) is 33.1 Å². The second-order valence-corrected chi connectivity index (χ2v) is 6.20. The highest BCUT2D eigenvalue weighted by Crippen LogP contribution is 2.21. The number of carbonyl (C=O) groups excluding carboxylic acids is 1. The first-order valence-electron chi connectivity index (χ1n) is 7.27. The zero-order valence-electron chi connectivity index (χ0n) is 12.0. The number of carbonyl (C=O) groups is 1. The maximum absolute atomic E-state index is 11.9. The van der Waals surface area contributed by atoms with Crippen LogP contribution in [0.1, 0.15) is 59.8 Å². The lowest BCUT2D eigenvalue weighted by molar-refractivity contribution is -0.128. The van der Waals surface area contributed by atoms with Gasteiger partial charge >= 0.3 is 0 Å². The molecule has 1 rings (SSSR count). The van der Waals surface area contributed by atoms with Gasteiger partial charge in [-0.3, -0.25) is 9.69 Å².